The second-order valence-corrected chi connectivity index (χ2v) is 6.02. The number of nitrogens with one attached hydrogen (secondary N) is 1. The molecule has 0 bridgehead atoms. The molecule has 0 aliphatic heterocycles. The maximum absolute atomic E-state index is 11.9. The van der Waals surface area contributed by atoms with Crippen LogP contribution >= 0.6 is 0 Å². The van der Waals surface area contributed by atoms with E-state index in [2.05, 4.69) is 19.2 Å². The summed E-state index contributed by atoms with van der Waals surface area (Å²) in [6.07, 6.45) is 4.80. The highest BCUT2D eigenvalue weighted by Crippen LogP contribution is 2.40. The van der Waals surface area contributed by atoms with Crippen LogP contribution < -0.4 is 5.32 Å². The number of carbonyl (C=O) groups is 2. The van der Waals surface area contributed by atoms with Gasteiger partial charge in [0.25, 0.3) is 0 Å². The fraction of sp³-hybridized carbons (Fsp3) is 0.846. The lowest BCUT2D eigenvalue weighted by molar-refractivity contribution is -0.140. The molecule has 2 aliphatic rings. The molecule has 0 spiro atoms. The first-order valence-electron chi connectivity index (χ1n) is 6.46. The first-order valence-corrected chi connectivity index (χ1v) is 6.46. The van der Waals surface area contributed by atoms with Gasteiger partial charge in [-0.3, -0.25) is 9.59 Å². The summed E-state index contributed by atoms with van der Waals surface area (Å²) in [5.41, 5.74) is -0.116. The maximum atomic E-state index is 11.9. The molecule has 0 radical (unpaired) electrons. The largest absolute Gasteiger partial charge is 0.481 e. The van der Waals surface area contributed by atoms with Crippen LogP contribution in [0, 0.1) is 17.8 Å². The highest BCUT2D eigenvalue weighted by Gasteiger charge is 2.49. The molecule has 0 aromatic heterocycles. The molecule has 17 heavy (non-hydrogen) atoms. The Hall–Kier alpha value is -1.06. The van der Waals surface area contributed by atoms with Crippen LogP contribution in [0.5, 0.6) is 0 Å². The van der Waals surface area contributed by atoms with E-state index in [-0.39, 0.29) is 17.4 Å². The Balaban J connectivity index is 1.85. The fourth-order valence-corrected chi connectivity index (χ4v) is 2.67. The minimum Gasteiger partial charge on any atom is -0.481 e. The predicted octanol–water partition coefficient (Wildman–Crippen LogP) is 1.79. The predicted molar refractivity (Wildman–Crippen MR) is 63.4 cm³/mol. The molecule has 2 aliphatic carbocycles. The summed E-state index contributed by atoms with van der Waals surface area (Å²) in [6.45, 7) is 4.32. The van der Waals surface area contributed by atoms with Gasteiger partial charge in [-0.25, -0.2) is 0 Å². The van der Waals surface area contributed by atoms with E-state index in [0.29, 0.717) is 6.42 Å². The number of carboxylic acid groups (broad SMARTS) is 1. The van der Waals surface area contributed by atoms with Crippen molar-refractivity contribution in [2.24, 2.45) is 17.8 Å². The molecule has 2 rings (SSSR count). The van der Waals surface area contributed by atoms with E-state index in [0.717, 1.165) is 31.6 Å². The number of carboxylic acids is 1. The highest BCUT2D eigenvalue weighted by atomic mass is 16.4. The normalized spacial score (nSPS) is 40.7. The van der Waals surface area contributed by atoms with Crippen LogP contribution in [0.25, 0.3) is 0 Å². The van der Waals surface area contributed by atoms with Gasteiger partial charge in [-0.15, -0.1) is 0 Å². The summed E-state index contributed by atoms with van der Waals surface area (Å²) in [7, 11) is 0. The number of hydrogen-bond acceptors (Lipinski definition) is 2. The number of hydrogen-bond donors (Lipinski definition) is 2. The highest BCUT2D eigenvalue weighted by molar-refractivity contribution is 5.89. The molecule has 4 nitrogen and oxygen atoms in total. The van der Waals surface area contributed by atoms with Crippen molar-refractivity contribution in [3.05, 3.63) is 0 Å². The Labute approximate surface area is 102 Å². The van der Waals surface area contributed by atoms with E-state index in [4.69, 9.17) is 5.11 Å². The van der Waals surface area contributed by atoms with Gasteiger partial charge in [0.1, 0.15) is 0 Å². The lowest BCUT2D eigenvalue weighted by Gasteiger charge is -2.37. The first kappa shape index (κ1) is 12.4. The number of carbonyl (C=O) groups excluding carboxylic acids is 1. The maximum Gasteiger partial charge on any atom is 0.307 e. The molecule has 2 unspecified atom stereocenters. The van der Waals surface area contributed by atoms with Gasteiger partial charge >= 0.3 is 5.97 Å². The molecule has 0 aromatic carbocycles. The Morgan fingerprint density at radius 3 is 2.29 bits per heavy atom. The lowest BCUT2D eigenvalue weighted by Crippen LogP contribution is -2.49. The molecule has 0 aromatic rings. The third-order valence-corrected chi connectivity index (χ3v) is 4.25. The smallest absolute Gasteiger partial charge is 0.307 e. The van der Waals surface area contributed by atoms with Crippen molar-refractivity contribution in [2.45, 2.75) is 51.5 Å². The topological polar surface area (TPSA) is 66.4 Å². The van der Waals surface area contributed by atoms with Crippen molar-refractivity contribution in [2.75, 3.05) is 0 Å². The second-order valence-electron chi connectivity index (χ2n) is 6.02. The average Bonchev–Trinajstić information content (AvgIpc) is 3.02. The van der Waals surface area contributed by atoms with Crippen LogP contribution in [-0.2, 0) is 9.59 Å². The molecular formula is C13H21NO3. The molecule has 0 saturated heterocycles. The van der Waals surface area contributed by atoms with Crippen LogP contribution in [0.2, 0.25) is 0 Å². The van der Waals surface area contributed by atoms with Crippen molar-refractivity contribution >= 4 is 11.9 Å². The van der Waals surface area contributed by atoms with Crippen LogP contribution in [0.1, 0.15) is 46.0 Å². The van der Waals surface area contributed by atoms with Crippen molar-refractivity contribution in [1.82, 2.24) is 5.32 Å². The first-order chi connectivity index (χ1) is 7.91. The van der Waals surface area contributed by atoms with E-state index >= 15 is 0 Å². The molecule has 0 heterocycles. The number of amides is 1. The minimum atomic E-state index is -0.840. The van der Waals surface area contributed by atoms with Gasteiger partial charge < -0.3 is 10.4 Å². The third kappa shape index (κ3) is 2.79. The Bertz CT molecular complexity index is 332. The van der Waals surface area contributed by atoms with Crippen LogP contribution in [-0.4, -0.2) is 22.5 Å². The summed E-state index contributed by atoms with van der Waals surface area (Å²) in [6, 6.07) is 0. The molecule has 2 atom stereocenters. The van der Waals surface area contributed by atoms with Gasteiger partial charge in [-0.2, -0.15) is 0 Å². The lowest BCUT2D eigenvalue weighted by atomic mass is 9.78. The fourth-order valence-electron chi connectivity index (χ4n) is 2.67. The van der Waals surface area contributed by atoms with Gasteiger partial charge in [0, 0.05) is 5.54 Å². The van der Waals surface area contributed by atoms with E-state index in [1.54, 1.807) is 0 Å². The molecule has 2 fully saturated rings. The summed E-state index contributed by atoms with van der Waals surface area (Å²) < 4.78 is 0. The van der Waals surface area contributed by atoms with Crippen molar-refractivity contribution in [1.29, 1.82) is 0 Å². The summed E-state index contributed by atoms with van der Waals surface area (Å²) in [4.78, 5) is 22.6. The summed E-state index contributed by atoms with van der Waals surface area (Å²) >= 11 is 0. The van der Waals surface area contributed by atoms with Gasteiger partial charge in [0.15, 0.2) is 0 Å². The zero-order valence-electron chi connectivity index (χ0n) is 10.5. The van der Waals surface area contributed by atoms with Crippen molar-refractivity contribution < 1.29 is 14.7 Å². The van der Waals surface area contributed by atoms with Crippen LogP contribution in [0.3, 0.4) is 0 Å². The molecule has 2 saturated carbocycles. The average molecular weight is 239 g/mol. The quantitative estimate of drug-likeness (QED) is 0.789. The molecule has 2 N–H and O–H groups in total. The van der Waals surface area contributed by atoms with Crippen molar-refractivity contribution in [3.8, 4) is 0 Å². The van der Waals surface area contributed by atoms with Gasteiger partial charge in [0.05, 0.1) is 11.8 Å². The molecule has 1 amide bonds. The van der Waals surface area contributed by atoms with Gasteiger partial charge in [-0.1, -0.05) is 6.92 Å². The van der Waals surface area contributed by atoms with E-state index in [9.17, 15) is 9.59 Å². The minimum absolute atomic E-state index is 0.0607. The van der Waals surface area contributed by atoms with Crippen LogP contribution in [0.15, 0.2) is 0 Å². The van der Waals surface area contributed by atoms with Crippen molar-refractivity contribution in [3.63, 3.8) is 0 Å². The summed E-state index contributed by atoms with van der Waals surface area (Å²) in [5.74, 6) is -0.889. The number of aliphatic carboxylic acids is 1. The molecular weight excluding hydrogens is 218 g/mol. The number of rotatable bonds is 3. The molecule has 4 heteroatoms. The van der Waals surface area contributed by atoms with Gasteiger partial charge in [0.2, 0.25) is 5.91 Å². The SMILES string of the molecule is CC1CCC(C)(NC(=O)C2CC2C(=O)O)CC1. The Kier molecular flexibility index (Phi) is 3.15. The molecule has 96 valence electrons. The standard InChI is InChI=1S/C13H21NO3/c1-8-3-5-13(2,6-4-8)14-11(15)9-7-10(9)12(16)17/h8-10H,3-7H2,1-2H3,(H,14,15)(H,16,17). The zero-order valence-corrected chi connectivity index (χ0v) is 10.5. The Morgan fingerprint density at radius 1 is 1.24 bits per heavy atom. The van der Waals surface area contributed by atoms with Crippen LogP contribution in [0.4, 0.5) is 0 Å². The zero-order chi connectivity index (χ0) is 12.6. The monoisotopic (exact) mass is 239 g/mol. The van der Waals surface area contributed by atoms with Gasteiger partial charge in [-0.05, 0) is 44.9 Å². The third-order valence-electron chi connectivity index (χ3n) is 4.25. The summed E-state index contributed by atoms with van der Waals surface area (Å²) in [5, 5.41) is 11.9. The second kappa shape index (κ2) is 4.31. The van der Waals surface area contributed by atoms with E-state index < -0.39 is 11.9 Å². The van der Waals surface area contributed by atoms with E-state index in [1.807, 2.05) is 0 Å². The Morgan fingerprint density at radius 2 is 1.82 bits per heavy atom. The van der Waals surface area contributed by atoms with E-state index in [1.165, 1.54) is 0 Å².